The third-order valence-corrected chi connectivity index (χ3v) is 4.96. The van der Waals surface area contributed by atoms with Crippen LogP contribution in [0.25, 0.3) is 0 Å². The lowest BCUT2D eigenvalue weighted by Crippen LogP contribution is -2.28. The molecule has 0 spiro atoms. The predicted octanol–water partition coefficient (Wildman–Crippen LogP) is 3.77. The number of nitrogens with one attached hydrogen (secondary N) is 3. The molecule has 0 aliphatic heterocycles. The van der Waals surface area contributed by atoms with Crippen LogP contribution in [0.3, 0.4) is 0 Å². The van der Waals surface area contributed by atoms with Crippen LogP contribution in [0.4, 0.5) is 16.2 Å². The SMILES string of the molecule is CC(NCc1cccc(NC(=O)C2CCC2)c1)c1ccc(NC(N)=O)cc1. The molecule has 6 nitrogen and oxygen atoms in total. The van der Waals surface area contributed by atoms with Crippen LogP contribution in [0, 0.1) is 5.92 Å². The lowest BCUT2D eigenvalue weighted by Gasteiger charge is -2.24. The standard InChI is InChI=1S/C21H26N4O2/c1-14(16-8-10-18(11-9-16)25-21(22)27)23-13-15-4-2-7-19(12-15)24-20(26)17-5-3-6-17/h2,4,7-12,14,17,23H,3,5-6,13H2,1H3,(H,24,26)(H3,22,25,27). The Morgan fingerprint density at radius 1 is 1.07 bits per heavy atom. The van der Waals surface area contributed by atoms with Crippen LogP contribution in [0.1, 0.15) is 43.4 Å². The van der Waals surface area contributed by atoms with Crippen molar-refractivity contribution in [2.45, 2.75) is 38.8 Å². The van der Waals surface area contributed by atoms with E-state index in [1.54, 1.807) is 0 Å². The molecular formula is C21H26N4O2. The van der Waals surface area contributed by atoms with Gasteiger partial charge in [-0.3, -0.25) is 4.79 Å². The van der Waals surface area contributed by atoms with Crippen LogP contribution in [0.5, 0.6) is 0 Å². The summed E-state index contributed by atoms with van der Waals surface area (Å²) in [5.41, 5.74) is 8.86. The van der Waals surface area contributed by atoms with Crippen molar-refractivity contribution in [1.82, 2.24) is 5.32 Å². The molecular weight excluding hydrogens is 340 g/mol. The fourth-order valence-electron chi connectivity index (χ4n) is 3.06. The van der Waals surface area contributed by atoms with Crippen molar-refractivity contribution in [2.75, 3.05) is 10.6 Å². The number of carbonyl (C=O) groups excluding carboxylic acids is 2. The Morgan fingerprint density at radius 2 is 1.81 bits per heavy atom. The number of carbonyl (C=O) groups is 2. The summed E-state index contributed by atoms with van der Waals surface area (Å²) in [5, 5.41) is 9.04. The van der Waals surface area contributed by atoms with Gasteiger partial charge < -0.3 is 21.7 Å². The van der Waals surface area contributed by atoms with Crippen molar-refractivity contribution >= 4 is 23.3 Å². The molecule has 2 aromatic carbocycles. The molecule has 3 amide bonds. The highest BCUT2D eigenvalue weighted by Gasteiger charge is 2.25. The molecule has 5 N–H and O–H groups in total. The zero-order chi connectivity index (χ0) is 19.2. The van der Waals surface area contributed by atoms with Gasteiger partial charge in [-0.05, 0) is 55.2 Å². The van der Waals surface area contributed by atoms with Crippen molar-refractivity contribution in [3.8, 4) is 0 Å². The fourth-order valence-corrected chi connectivity index (χ4v) is 3.06. The molecule has 0 aromatic heterocycles. The minimum atomic E-state index is -0.571. The molecule has 1 atom stereocenters. The van der Waals surface area contributed by atoms with E-state index < -0.39 is 6.03 Å². The molecule has 1 fully saturated rings. The first-order valence-corrected chi connectivity index (χ1v) is 9.31. The minimum Gasteiger partial charge on any atom is -0.351 e. The quantitative estimate of drug-likeness (QED) is 0.600. The zero-order valence-corrected chi connectivity index (χ0v) is 15.5. The van der Waals surface area contributed by atoms with E-state index >= 15 is 0 Å². The Labute approximate surface area is 159 Å². The van der Waals surface area contributed by atoms with Gasteiger partial charge in [0.05, 0.1) is 0 Å². The van der Waals surface area contributed by atoms with Crippen molar-refractivity contribution in [1.29, 1.82) is 0 Å². The molecule has 1 saturated carbocycles. The molecule has 0 heterocycles. The normalized spacial score (nSPS) is 14.9. The number of anilines is 2. The highest BCUT2D eigenvalue weighted by molar-refractivity contribution is 5.93. The number of hydrogen-bond acceptors (Lipinski definition) is 3. The number of urea groups is 1. The number of nitrogens with two attached hydrogens (primary N) is 1. The molecule has 0 saturated heterocycles. The maximum atomic E-state index is 12.1. The fraction of sp³-hybridized carbons (Fsp3) is 0.333. The molecule has 27 heavy (non-hydrogen) atoms. The summed E-state index contributed by atoms with van der Waals surface area (Å²) in [5.74, 6) is 0.309. The predicted molar refractivity (Wildman–Crippen MR) is 107 cm³/mol. The van der Waals surface area contributed by atoms with Crippen LogP contribution in [0.15, 0.2) is 48.5 Å². The maximum Gasteiger partial charge on any atom is 0.316 e. The van der Waals surface area contributed by atoms with Crippen molar-refractivity contribution in [3.05, 3.63) is 59.7 Å². The second kappa shape index (κ2) is 8.68. The summed E-state index contributed by atoms with van der Waals surface area (Å²) in [4.78, 5) is 23.0. The Hall–Kier alpha value is -2.86. The van der Waals surface area contributed by atoms with Gasteiger partial charge in [0.25, 0.3) is 0 Å². The van der Waals surface area contributed by atoms with Crippen LogP contribution in [-0.2, 0) is 11.3 Å². The summed E-state index contributed by atoms with van der Waals surface area (Å²) in [6.45, 7) is 2.77. The van der Waals surface area contributed by atoms with Gasteiger partial charge in [-0.1, -0.05) is 30.7 Å². The third kappa shape index (κ3) is 5.31. The summed E-state index contributed by atoms with van der Waals surface area (Å²) in [6.07, 6.45) is 3.15. The number of hydrogen-bond donors (Lipinski definition) is 4. The number of benzene rings is 2. The molecule has 3 rings (SSSR count). The van der Waals surface area contributed by atoms with E-state index in [9.17, 15) is 9.59 Å². The molecule has 1 aliphatic rings. The highest BCUT2D eigenvalue weighted by Crippen LogP contribution is 2.27. The third-order valence-electron chi connectivity index (χ3n) is 4.96. The average Bonchev–Trinajstić information content (AvgIpc) is 2.58. The summed E-state index contributed by atoms with van der Waals surface area (Å²) >= 11 is 0. The van der Waals surface area contributed by atoms with E-state index in [4.69, 9.17) is 5.73 Å². The van der Waals surface area contributed by atoms with Crippen LogP contribution in [-0.4, -0.2) is 11.9 Å². The lowest BCUT2D eigenvalue weighted by atomic mass is 9.85. The van der Waals surface area contributed by atoms with Crippen molar-refractivity contribution in [2.24, 2.45) is 11.7 Å². The van der Waals surface area contributed by atoms with Gasteiger partial charge in [0.2, 0.25) is 5.91 Å². The highest BCUT2D eigenvalue weighted by atomic mass is 16.2. The van der Waals surface area contributed by atoms with E-state index in [-0.39, 0.29) is 17.9 Å². The van der Waals surface area contributed by atoms with Crippen LogP contribution in [0.2, 0.25) is 0 Å². The van der Waals surface area contributed by atoms with E-state index in [1.807, 2.05) is 48.5 Å². The number of amides is 3. The lowest BCUT2D eigenvalue weighted by molar-refractivity contribution is -0.122. The Morgan fingerprint density at radius 3 is 2.44 bits per heavy atom. The molecule has 0 bridgehead atoms. The first-order chi connectivity index (χ1) is 13.0. The van der Waals surface area contributed by atoms with Crippen LogP contribution >= 0.6 is 0 Å². The van der Waals surface area contributed by atoms with Gasteiger partial charge in [0.15, 0.2) is 0 Å². The average molecular weight is 366 g/mol. The summed E-state index contributed by atoms with van der Waals surface area (Å²) < 4.78 is 0. The van der Waals surface area contributed by atoms with Crippen molar-refractivity contribution in [3.63, 3.8) is 0 Å². The van der Waals surface area contributed by atoms with Crippen LogP contribution < -0.4 is 21.7 Å². The smallest absolute Gasteiger partial charge is 0.316 e. The topological polar surface area (TPSA) is 96.2 Å². The summed E-state index contributed by atoms with van der Waals surface area (Å²) in [7, 11) is 0. The molecule has 6 heteroatoms. The van der Waals surface area contributed by atoms with Crippen molar-refractivity contribution < 1.29 is 9.59 Å². The second-order valence-corrected chi connectivity index (χ2v) is 7.03. The van der Waals surface area contributed by atoms with E-state index in [2.05, 4.69) is 22.9 Å². The molecule has 2 aromatic rings. The van der Waals surface area contributed by atoms with Gasteiger partial charge in [-0.15, -0.1) is 0 Å². The molecule has 1 aliphatic carbocycles. The van der Waals surface area contributed by atoms with E-state index in [1.165, 1.54) is 0 Å². The molecule has 0 radical (unpaired) electrons. The maximum absolute atomic E-state index is 12.1. The van der Waals surface area contributed by atoms with E-state index in [0.717, 1.165) is 36.1 Å². The Kier molecular flexibility index (Phi) is 6.08. The molecule has 1 unspecified atom stereocenters. The van der Waals surface area contributed by atoms with Gasteiger partial charge >= 0.3 is 6.03 Å². The van der Waals surface area contributed by atoms with Gasteiger partial charge in [-0.2, -0.15) is 0 Å². The first kappa shape index (κ1) is 18.9. The summed E-state index contributed by atoms with van der Waals surface area (Å²) in [6, 6.07) is 15.1. The first-order valence-electron chi connectivity index (χ1n) is 9.31. The number of primary amides is 1. The zero-order valence-electron chi connectivity index (χ0n) is 15.5. The molecule has 142 valence electrons. The Balaban J connectivity index is 1.53. The van der Waals surface area contributed by atoms with Gasteiger partial charge in [0, 0.05) is 29.9 Å². The largest absolute Gasteiger partial charge is 0.351 e. The minimum absolute atomic E-state index is 0.129. The second-order valence-electron chi connectivity index (χ2n) is 7.03. The Bertz CT molecular complexity index is 800. The van der Waals surface area contributed by atoms with Gasteiger partial charge in [-0.25, -0.2) is 4.79 Å². The van der Waals surface area contributed by atoms with E-state index in [0.29, 0.717) is 12.2 Å². The monoisotopic (exact) mass is 366 g/mol. The number of rotatable bonds is 7. The van der Waals surface area contributed by atoms with Gasteiger partial charge in [0.1, 0.15) is 0 Å².